The van der Waals surface area contributed by atoms with Gasteiger partial charge < -0.3 is 15.2 Å². The lowest BCUT2D eigenvalue weighted by Crippen LogP contribution is -2.45. The maximum atomic E-state index is 10.9. The number of alkyl halides is 1. The largest absolute Gasteiger partial charge is 0.460 e. The summed E-state index contributed by atoms with van der Waals surface area (Å²) in [5.74, 6) is -0.348. The first-order valence-electron chi connectivity index (χ1n) is 3.90. The van der Waals surface area contributed by atoms with Crippen LogP contribution in [0.2, 0.25) is 0 Å². The average molecular weight is 250 g/mol. The summed E-state index contributed by atoms with van der Waals surface area (Å²) in [4.78, 5) is 21.2. The van der Waals surface area contributed by atoms with E-state index < -0.39 is 6.09 Å². The number of hydrogen-bond acceptors (Lipinski definition) is 4. The molecule has 6 heteroatoms. The van der Waals surface area contributed by atoms with Crippen molar-refractivity contribution < 1.29 is 19.1 Å². The van der Waals surface area contributed by atoms with Gasteiger partial charge in [-0.2, -0.15) is 0 Å². The van der Waals surface area contributed by atoms with E-state index in [4.69, 9.17) is 15.2 Å². The molecule has 1 heterocycles. The van der Waals surface area contributed by atoms with Gasteiger partial charge >= 0.3 is 12.1 Å². The number of carbonyl (C=O) groups is 2. The maximum absolute atomic E-state index is 10.9. The molecule has 2 rings (SSSR count). The zero-order valence-corrected chi connectivity index (χ0v) is 8.19. The lowest BCUT2D eigenvalue weighted by atomic mass is 10.0. The molecule has 0 bridgehead atoms. The van der Waals surface area contributed by atoms with Gasteiger partial charge in [-0.25, -0.2) is 4.79 Å². The van der Waals surface area contributed by atoms with Crippen molar-refractivity contribution in [2.75, 3.05) is 0 Å². The van der Waals surface area contributed by atoms with Crippen molar-refractivity contribution in [3.63, 3.8) is 0 Å². The van der Waals surface area contributed by atoms with Gasteiger partial charge in [0.15, 0.2) is 0 Å². The quantitative estimate of drug-likeness (QED) is 0.531. The first kappa shape index (κ1) is 8.80. The van der Waals surface area contributed by atoms with E-state index in [0.717, 1.165) is 0 Å². The van der Waals surface area contributed by atoms with Gasteiger partial charge in [0.2, 0.25) is 0 Å². The SMILES string of the molecule is NC(=O)O[C@@H]1C[C@H]2C(=O)O[C@H]2[C@@H]1Br. The predicted octanol–water partition coefficient (Wildman–Crippen LogP) is 0.159. The van der Waals surface area contributed by atoms with Gasteiger partial charge in [0.1, 0.15) is 12.2 Å². The number of esters is 1. The number of primary amides is 1. The number of fused-ring (bicyclic) bond motifs is 1. The molecule has 2 fully saturated rings. The standard InChI is InChI=1S/C7H8BrNO4/c8-4-3(12-7(9)11)1-2-5(4)13-6(2)10/h2-5H,1H2,(H2,9,11)/t2-,3-,4-,5-/m1/s1. The molecule has 72 valence electrons. The number of carbonyl (C=O) groups excluding carboxylic acids is 2. The molecule has 0 aromatic carbocycles. The summed E-state index contributed by atoms with van der Waals surface area (Å²) in [5, 5.41) is 0. The molecular formula is C7H8BrNO4. The van der Waals surface area contributed by atoms with E-state index in [1.165, 1.54) is 0 Å². The van der Waals surface area contributed by atoms with Crippen molar-refractivity contribution in [3.05, 3.63) is 0 Å². The minimum Gasteiger partial charge on any atom is -0.460 e. The molecule has 0 unspecified atom stereocenters. The van der Waals surface area contributed by atoms with Crippen LogP contribution in [0.25, 0.3) is 0 Å². The fraction of sp³-hybridized carbons (Fsp3) is 0.714. The summed E-state index contributed by atoms with van der Waals surface area (Å²) in [6.45, 7) is 0. The number of halogens is 1. The summed E-state index contributed by atoms with van der Waals surface area (Å²) in [6, 6.07) is 0. The lowest BCUT2D eigenvalue weighted by molar-refractivity contribution is -0.179. The monoisotopic (exact) mass is 249 g/mol. The molecule has 1 aliphatic carbocycles. The van der Waals surface area contributed by atoms with Gasteiger partial charge in [0.25, 0.3) is 0 Å². The van der Waals surface area contributed by atoms with Crippen LogP contribution in [-0.2, 0) is 14.3 Å². The highest BCUT2D eigenvalue weighted by Crippen LogP contribution is 2.42. The Kier molecular flexibility index (Phi) is 1.94. The molecule has 1 aliphatic heterocycles. The Morgan fingerprint density at radius 2 is 2.38 bits per heavy atom. The highest BCUT2D eigenvalue weighted by atomic mass is 79.9. The average Bonchev–Trinajstić information content (AvgIpc) is 2.27. The summed E-state index contributed by atoms with van der Waals surface area (Å²) in [6.07, 6.45) is -0.818. The second-order valence-corrected chi connectivity index (χ2v) is 4.22. The van der Waals surface area contributed by atoms with Gasteiger partial charge in [-0.3, -0.25) is 4.79 Å². The molecule has 0 spiro atoms. The smallest absolute Gasteiger partial charge is 0.404 e. The molecule has 0 aromatic heterocycles. The lowest BCUT2D eigenvalue weighted by Gasteiger charge is -2.30. The number of hydrogen-bond donors (Lipinski definition) is 1. The Morgan fingerprint density at radius 3 is 2.85 bits per heavy atom. The maximum Gasteiger partial charge on any atom is 0.404 e. The van der Waals surface area contributed by atoms with Gasteiger partial charge in [0.05, 0.1) is 10.7 Å². The fourth-order valence-corrected chi connectivity index (χ4v) is 2.54. The molecule has 1 saturated carbocycles. The van der Waals surface area contributed by atoms with Gasteiger partial charge in [0, 0.05) is 6.42 Å². The van der Waals surface area contributed by atoms with Crippen LogP contribution in [0.15, 0.2) is 0 Å². The van der Waals surface area contributed by atoms with Crippen LogP contribution in [0.5, 0.6) is 0 Å². The third-order valence-corrected chi connectivity index (χ3v) is 3.49. The normalized spacial score (nSPS) is 41.8. The van der Waals surface area contributed by atoms with E-state index in [0.29, 0.717) is 6.42 Å². The predicted molar refractivity (Wildman–Crippen MR) is 45.2 cm³/mol. The third-order valence-electron chi connectivity index (χ3n) is 2.37. The van der Waals surface area contributed by atoms with E-state index >= 15 is 0 Å². The minimum atomic E-state index is -0.816. The van der Waals surface area contributed by atoms with Crippen molar-refractivity contribution >= 4 is 28.0 Å². The van der Waals surface area contributed by atoms with Gasteiger partial charge in [-0.1, -0.05) is 15.9 Å². The number of rotatable bonds is 1. The Bertz CT molecular complexity index is 269. The van der Waals surface area contributed by atoms with Crippen LogP contribution in [0.3, 0.4) is 0 Å². The van der Waals surface area contributed by atoms with E-state index in [1.54, 1.807) is 0 Å². The third kappa shape index (κ3) is 1.29. The molecular weight excluding hydrogens is 242 g/mol. The van der Waals surface area contributed by atoms with Crippen molar-refractivity contribution in [1.82, 2.24) is 0 Å². The van der Waals surface area contributed by atoms with Crippen LogP contribution >= 0.6 is 15.9 Å². The van der Waals surface area contributed by atoms with E-state index in [2.05, 4.69) is 15.9 Å². The second-order valence-electron chi connectivity index (χ2n) is 3.16. The van der Waals surface area contributed by atoms with E-state index in [9.17, 15) is 9.59 Å². The van der Waals surface area contributed by atoms with E-state index in [1.807, 2.05) is 0 Å². The van der Waals surface area contributed by atoms with Crippen LogP contribution in [0.4, 0.5) is 4.79 Å². The van der Waals surface area contributed by atoms with Crippen molar-refractivity contribution in [1.29, 1.82) is 0 Å². The molecule has 4 atom stereocenters. The number of amides is 1. The Labute approximate surface area is 82.7 Å². The first-order valence-corrected chi connectivity index (χ1v) is 4.82. The summed E-state index contributed by atoms with van der Waals surface area (Å²) >= 11 is 3.31. The second kappa shape index (κ2) is 2.87. The van der Waals surface area contributed by atoms with Crippen LogP contribution in [0.1, 0.15) is 6.42 Å². The number of nitrogens with two attached hydrogens (primary N) is 1. The van der Waals surface area contributed by atoms with E-state index in [-0.39, 0.29) is 28.9 Å². The van der Waals surface area contributed by atoms with Crippen molar-refractivity contribution in [3.8, 4) is 0 Å². The fourth-order valence-electron chi connectivity index (χ4n) is 1.74. The number of ether oxygens (including phenoxy) is 2. The molecule has 1 amide bonds. The highest BCUT2D eigenvalue weighted by Gasteiger charge is 2.56. The van der Waals surface area contributed by atoms with Crippen LogP contribution < -0.4 is 5.73 Å². The molecule has 0 radical (unpaired) electrons. The first-order chi connectivity index (χ1) is 6.09. The van der Waals surface area contributed by atoms with Gasteiger partial charge in [-0.05, 0) is 0 Å². The van der Waals surface area contributed by atoms with Gasteiger partial charge in [-0.15, -0.1) is 0 Å². The van der Waals surface area contributed by atoms with Crippen molar-refractivity contribution in [2.45, 2.75) is 23.5 Å². The topological polar surface area (TPSA) is 78.6 Å². The Hall–Kier alpha value is -0.780. The molecule has 5 nitrogen and oxygen atoms in total. The molecule has 2 N–H and O–H groups in total. The van der Waals surface area contributed by atoms with Crippen LogP contribution in [-0.4, -0.2) is 29.1 Å². The summed E-state index contributed by atoms with van der Waals surface area (Å²) in [7, 11) is 0. The van der Waals surface area contributed by atoms with Crippen LogP contribution in [0, 0.1) is 5.92 Å². The molecule has 2 aliphatic rings. The molecule has 0 aromatic rings. The Balaban J connectivity index is 2.01. The zero-order chi connectivity index (χ0) is 9.59. The minimum absolute atomic E-state index is 0.123. The zero-order valence-electron chi connectivity index (χ0n) is 6.60. The summed E-state index contributed by atoms with van der Waals surface area (Å²) in [5.41, 5.74) is 4.87. The summed E-state index contributed by atoms with van der Waals surface area (Å²) < 4.78 is 9.68. The molecule has 1 saturated heterocycles. The highest BCUT2D eigenvalue weighted by molar-refractivity contribution is 9.09. The van der Waals surface area contributed by atoms with Crippen molar-refractivity contribution in [2.24, 2.45) is 11.7 Å². The molecule has 13 heavy (non-hydrogen) atoms. The Morgan fingerprint density at radius 1 is 1.69 bits per heavy atom.